The Balaban J connectivity index is 2.09. The van der Waals surface area contributed by atoms with E-state index in [4.69, 9.17) is 0 Å². The summed E-state index contributed by atoms with van der Waals surface area (Å²) in [7, 11) is 1.95. The maximum absolute atomic E-state index is 9.89. The average Bonchev–Trinajstić information content (AvgIpc) is 2.89. The molecule has 1 aromatic heterocycles. The van der Waals surface area contributed by atoms with Gasteiger partial charge in [0.05, 0.1) is 11.2 Å². The highest BCUT2D eigenvalue weighted by atomic mass is 16.3. The van der Waals surface area contributed by atoms with E-state index in [1.165, 1.54) is 0 Å². The molecule has 0 atom stereocenters. The van der Waals surface area contributed by atoms with Crippen molar-refractivity contribution in [2.24, 2.45) is 7.05 Å². The molecule has 0 bridgehead atoms. The molecule has 0 saturated heterocycles. The third-order valence-electron chi connectivity index (χ3n) is 4.48. The molecule has 4 rings (SSSR count). The first kappa shape index (κ1) is 15.1. The first-order chi connectivity index (χ1) is 12.0. The molecule has 0 unspecified atom stereocenters. The van der Waals surface area contributed by atoms with Crippen molar-refractivity contribution in [3.63, 3.8) is 0 Å². The van der Waals surface area contributed by atoms with Crippen LogP contribution in [0.15, 0.2) is 66.7 Å². The van der Waals surface area contributed by atoms with E-state index in [1.54, 1.807) is 36.4 Å². The minimum absolute atomic E-state index is 0.211. The topological polar surface area (TPSA) is 65.6 Å². The van der Waals surface area contributed by atoms with Crippen LogP contribution in [-0.2, 0) is 7.05 Å². The first-order valence-electron chi connectivity index (χ1n) is 7.95. The van der Waals surface area contributed by atoms with E-state index in [0.717, 1.165) is 33.3 Å². The number of hydrogen-bond donors (Lipinski definition) is 3. The summed E-state index contributed by atoms with van der Waals surface area (Å²) in [4.78, 5) is 0. The molecule has 0 aliphatic rings. The standard InChI is InChI=1S/C21H17NO3/c1-22-19-12-17(25)10-11-18(19)20(13-2-6-15(23)7-3-13)21(22)14-4-8-16(24)9-5-14/h2-12,23-25H,1H3. The highest BCUT2D eigenvalue weighted by Crippen LogP contribution is 2.41. The van der Waals surface area contributed by atoms with Crippen LogP contribution in [0.4, 0.5) is 0 Å². The van der Waals surface area contributed by atoms with Gasteiger partial charge in [0.25, 0.3) is 0 Å². The van der Waals surface area contributed by atoms with Gasteiger partial charge in [0.1, 0.15) is 17.2 Å². The molecule has 0 aliphatic heterocycles. The van der Waals surface area contributed by atoms with Crippen LogP contribution < -0.4 is 0 Å². The quantitative estimate of drug-likeness (QED) is 0.502. The third kappa shape index (κ3) is 2.48. The van der Waals surface area contributed by atoms with Gasteiger partial charge in [-0.1, -0.05) is 12.1 Å². The number of nitrogens with zero attached hydrogens (tertiary/aromatic N) is 1. The van der Waals surface area contributed by atoms with Crippen LogP contribution in [0.3, 0.4) is 0 Å². The summed E-state index contributed by atoms with van der Waals surface area (Å²) >= 11 is 0. The number of aromatic nitrogens is 1. The fourth-order valence-corrected chi connectivity index (χ4v) is 3.30. The zero-order chi connectivity index (χ0) is 17.6. The van der Waals surface area contributed by atoms with Gasteiger partial charge in [-0.05, 0) is 59.7 Å². The summed E-state index contributed by atoms with van der Waals surface area (Å²) in [5, 5.41) is 30.1. The van der Waals surface area contributed by atoms with E-state index in [9.17, 15) is 15.3 Å². The van der Waals surface area contributed by atoms with Crippen LogP contribution in [0.2, 0.25) is 0 Å². The Bertz CT molecular complexity index is 1060. The van der Waals surface area contributed by atoms with E-state index in [-0.39, 0.29) is 17.2 Å². The number of phenols is 3. The van der Waals surface area contributed by atoms with Gasteiger partial charge >= 0.3 is 0 Å². The maximum atomic E-state index is 9.89. The Labute approximate surface area is 144 Å². The molecule has 0 spiro atoms. The van der Waals surface area contributed by atoms with Gasteiger partial charge in [0, 0.05) is 24.1 Å². The van der Waals surface area contributed by atoms with Crippen LogP contribution in [0.5, 0.6) is 17.2 Å². The number of phenolic OH excluding ortho intramolecular Hbond substituents is 3. The normalized spacial score (nSPS) is 11.1. The van der Waals surface area contributed by atoms with Crippen LogP contribution in [0, 0.1) is 0 Å². The Kier molecular flexibility index (Phi) is 3.39. The zero-order valence-electron chi connectivity index (χ0n) is 13.6. The predicted molar refractivity (Wildman–Crippen MR) is 98.8 cm³/mol. The third-order valence-corrected chi connectivity index (χ3v) is 4.48. The summed E-state index contributed by atoms with van der Waals surface area (Å²) in [6.07, 6.45) is 0. The monoisotopic (exact) mass is 331 g/mol. The number of aryl methyl sites for hydroxylation is 1. The summed E-state index contributed by atoms with van der Waals surface area (Å²) in [6, 6.07) is 19.4. The largest absolute Gasteiger partial charge is 0.508 e. The van der Waals surface area contributed by atoms with E-state index in [1.807, 2.05) is 41.9 Å². The molecular formula is C21H17NO3. The molecule has 1 heterocycles. The second-order valence-corrected chi connectivity index (χ2v) is 6.08. The van der Waals surface area contributed by atoms with Crippen molar-refractivity contribution >= 4 is 10.9 Å². The van der Waals surface area contributed by atoms with Gasteiger partial charge in [-0.15, -0.1) is 0 Å². The average molecular weight is 331 g/mol. The van der Waals surface area contributed by atoms with Crippen LogP contribution >= 0.6 is 0 Å². The number of benzene rings is 3. The van der Waals surface area contributed by atoms with E-state index < -0.39 is 0 Å². The predicted octanol–water partition coefficient (Wildman–Crippen LogP) is 4.63. The molecule has 0 saturated carbocycles. The molecule has 4 aromatic rings. The highest BCUT2D eigenvalue weighted by molar-refractivity contribution is 6.05. The molecule has 3 aromatic carbocycles. The molecule has 0 radical (unpaired) electrons. The molecule has 0 fully saturated rings. The molecule has 3 N–H and O–H groups in total. The first-order valence-corrected chi connectivity index (χ1v) is 7.95. The fraction of sp³-hybridized carbons (Fsp3) is 0.0476. The van der Waals surface area contributed by atoms with Crippen molar-refractivity contribution in [1.82, 2.24) is 4.57 Å². The van der Waals surface area contributed by atoms with E-state index >= 15 is 0 Å². The second kappa shape index (κ2) is 5.60. The van der Waals surface area contributed by atoms with Crippen LogP contribution in [0.25, 0.3) is 33.3 Å². The van der Waals surface area contributed by atoms with Gasteiger partial charge in [-0.25, -0.2) is 0 Å². The number of rotatable bonds is 2. The minimum Gasteiger partial charge on any atom is -0.508 e. The molecule has 0 amide bonds. The van der Waals surface area contributed by atoms with Crippen molar-refractivity contribution in [1.29, 1.82) is 0 Å². The highest BCUT2D eigenvalue weighted by Gasteiger charge is 2.18. The fourth-order valence-electron chi connectivity index (χ4n) is 3.30. The van der Waals surface area contributed by atoms with Crippen molar-refractivity contribution in [2.75, 3.05) is 0 Å². The van der Waals surface area contributed by atoms with Gasteiger partial charge in [-0.3, -0.25) is 0 Å². The lowest BCUT2D eigenvalue weighted by molar-refractivity contribution is 0.475. The van der Waals surface area contributed by atoms with Gasteiger partial charge in [-0.2, -0.15) is 0 Å². The Morgan fingerprint density at radius 2 is 1.16 bits per heavy atom. The Morgan fingerprint density at radius 3 is 1.76 bits per heavy atom. The Hall–Kier alpha value is -3.40. The summed E-state index contributed by atoms with van der Waals surface area (Å²) < 4.78 is 2.03. The van der Waals surface area contributed by atoms with E-state index in [0.29, 0.717) is 0 Å². The summed E-state index contributed by atoms with van der Waals surface area (Å²) in [5.41, 5.74) is 4.83. The Morgan fingerprint density at radius 1 is 0.640 bits per heavy atom. The molecule has 4 nitrogen and oxygen atoms in total. The second-order valence-electron chi connectivity index (χ2n) is 6.08. The summed E-state index contributed by atoms with van der Waals surface area (Å²) in [6.45, 7) is 0. The zero-order valence-corrected chi connectivity index (χ0v) is 13.6. The van der Waals surface area contributed by atoms with Gasteiger partial charge in [0.15, 0.2) is 0 Å². The van der Waals surface area contributed by atoms with Crippen LogP contribution in [-0.4, -0.2) is 19.9 Å². The van der Waals surface area contributed by atoms with Gasteiger partial charge in [0.2, 0.25) is 0 Å². The lowest BCUT2D eigenvalue weighted by Crippen LogP contribution is -1.92. The number of fused-ring (bicyclic) bond motifs is 1. The smallest absolute Gasteiger partial charge is 0.117 e. The van der Waals surface area contributed by atoms with E-state index in [2.05, 4.69) is 0 Å². The van der Waals surface area contributed by atoms with Crippen LogP contribution in [0.1, 0.15) is 0 Å². The number of hydrogen-bond acceptors (Lipinski definition) is 3. The van der Waals surface area contributed by atoms with Crippen molar-refractivity contribution in [3.05, 3.63) is 66.7 Å². The minimum atomic E-state index is 0.211. The van der Waals surface area contributed by atoms with Crippen molar-refractivity contribution < 1.29 is 15.3 Å². The van der Waals surface area contributed by atoms with Crippen molar-refractivity contribution in [2.45, 2.75) is 0 Å². The summed E-state index contributed by atoms with van der Waals surface area (Å²) in [5.74, 6) is 0.641. The SMILES string of the molecule is Cn1c(-c2ccc(O)cc2)c(-c2ccc(O)cc2)c2ccc(O)cc21. The molecule has 25 heavy (non-hydrogen) atoms. The van der Waals surface area contributed by atoms with Crippen molar-refractivity contribution in [3.8, 4) is 39.6 Å². The lowest BCUT2D eigenvalue weighted by Gasteiger charge is -2.09. The number of aromatic hydroxyl groups is 3. The molecule has 4 heteroatoms. The molecule has 0 aliphatic carbocycles. The maximum Gasteiger partial charge on any atom is 0.117 e. The molecule has 124 valence electrons. The lowest BCUT2D eigenvalue weighted by atomic mass is 9.98. The van der Waals surface area contributed by atoms with Gasteiger partial charge < -0.3 is 19.9 Å². The molecular weight excluding hydrogens is 314 g/mol.